The summed E-state index contributed by atoms with van der Waals surface area (Å²) in [6.45, 7) is 0. The van der Waals surface area contributed by atoms with E-state index in [4.69, 9.17) is 4.74 Å². The average molecular weight is 331 g/mol. The molecular weight excluding hydrogens is 319 g/mol. The lowest BCUT2D eigenvalue weighted by molar-refractivity contribution is -0.136. The molecule has 0 aliphatic rings. The number of hydrogen-bond donors (Lipinski definition) is 0. The van der Waals surface area contributed by atoms with Crippen molar-refractivity contribution in [3.05, 3.63) is 70.5 Å². The molecule has 0 radical (unpaired) electrons. The van der Waals surface area contributed by atoms with Gasteiger partial charge in [-0.15, -0.1) is 0 Å². The second-order valence-corrected chi connectivity index (χ2v) is 5.16. The molecule has 0 saturated heterocycles. The van der Waals surface area contributed by atoms with Crippen LogP contribution < -0.4 is 10.3 Å². The fourth-order valence-corrected chi connectivity index (χ4v) is 2.48. The Labute approximate surface area is 135 Å². The third kappa shape index (κ3) is 3.08. The monoisotopic (exact) mass is 331 g/mol. The Morgan fingerprint density at radius 2 is 1.67 bits per heavy atom. The minimum Gasteiger partial charge on any atom is -0.497 e. The van der Waals surface area contributed by atoms with Gasteiger partial charge in [-0.25, -0.2) is 4.98 Å². The summed E-state index contributed by atoms with van der Waals surface area (Å²) in [6.07, 6.45) is -4.53. The second kappa shape index (κ2) is 5.96. The van der Waals surface area contributed by atoms with E-state index in [1.54, 1.807) is 24.3 Å². The summed E-state index contributed by atoms with van der Waals surface area (Å²) in [5.41, 5.74) is -0.450. The van der Waals surface area contributed by atoms with Crippen LogP contribution in [-0.2, 0) is 6.18 Å². The summed E-state index contributed by atoms with van der Waals surface area (Å²) in [7, 11) is 1.51. The van der Waals surface area contributed by atoms with Crippen molar-refractivity contribution in [2.45, 2.75) is 6.18 Å². The molecule has 0 N–H and O–H groups in total. The molecule has 24 heavy (non-hydrogen) atoms. The van der Waals surface area contributed by atoms with Crippen molar-refractivity contribution in [1.82, 2.24) is 4.98 Å². The topological polar surface area (TPSA) is 39.2 Å². The molecule has 0 aliphatic carbocycles. The van der Waals surface area contributed by atoms with Gasteiger partial charge in [0.2, 0.25) is 0 Å². The maximum Gasteiger partial charge on any atom is 0.417 e. The molecule has 1 aromatic heterocycles. The van der Waals surface area contributed by atoms with Crippen molar-refractivity contribution in [3.63, 3.8) is 0 Å². The van der Waals surface area contributed by atoms with Gasteiger partial charge in [-0.2, -0.15) is 13.2 Å². The lowest BCUT2D eigenvalue weighted by Crippen LogP contribution is -2.06. The molecule has 3 nitrogen and oxygen atoms in total. The number of aromatic nitrogens is 1. The first-order valence-electron chi connectivity index (χ1n) is 7.05. The van der Waals surface area contributed by atoms with Crippen molar-refractivity contribution >= 4 is 10.9 Å². The van der Waals surface area contributed by atoms with E-state index in [1.165, 1.54) is 31.4 Å². The van der Waals surface area contributed by atoms with Crippen molar-refractivity contribution in [1.29, 1.82) is 0 Å². The van der Waals surface area contributed by atoms with Crippen LogP contribution in [0.2, 0.25) is 0 Å². The molecule has 3 rings (SSSR count). The molecule has 0 saturated carbocycles. The average Bonchev–Trinajstić information content (AvgIpc) is 2.71. The quantitative estimate of drug-likeness (QED) is 0.703. The van der Waals surface area contributed by atoms with Gasteiger partial charge in [-0.3, -0.25) is 4.79 Å². The second-order valence-electron chi connectivity index (χ2n) is 5.16. The van der Waals surface area contributed by atoms with E-state index in [0.717, 1.165) is 6.07 Å². The van der Waals surface area contributed by atoms with Crippen molar-refractivity contribution in [2.75, 3.05) is 7.11 Å². The minimum atomic E-state index is -4.53. The number of fused-ring (bicyclic) bond motifs is 1. The molecule has 2 aromatic carbocycles. The van der Waals surface area contributed by atoms with Crippen LogP contribution in [0.15, 0.2) is 59.4 Å². The Morgan fingerprint density at radius 1 is 0.958 bits per heavy atom. The standard InChI is InChI=1S/C18H12F3NO2/c1-24-13-7-5-11(6-8-13)12-9-14-15(18(19,20)21)3-2-4-16(14)22-17(23)10-12/h2-10H,1H3. The predicted molar refractivity (Wildman–Crippen MR) is 85.0 cm³/mol. The van der Waals surface area contributed by atoms with E-state index in [9.17, 15) is 18.0 Å². The van der Waals surface area contributed by atoms with Crippen LogP contribution in [0.1, 0.15) is 5.56 Å². The predicted octanol–water partition coefficient (Wildman–Crippen LogP) is 4.29. The summed E-state index contributed by atoms with van der Waals surface area (Å²) in [5.74, 6) is 0.611. The van der Waals surface area contributed by atoms with Gasteiger partial charge in [0.15, 0.2) is 0 Å². The van der Waals surface area contributed by atoms with E-state index in [1.807, 2.05) is 0 Å². The Balaban J connectivity index is 2.31. The van der Waals surface area contributed by atoms with Crippen LogP contribution in [0, 0.1) is 0 Å². The zero-order chi connectivity index (χ0) is 17.3. The zero-order valence-corrected chi connectivity index (χ0v) is 12.6. The SMILES string of the molecule is COc1ccc(-c2cc(=O)nc3cccc(C(F)(F)F)c3c2)cc1. The van der Waals surface area contributed by atoms with Crippen molar-refractivity contribution in [2.24, 2.45) is 0 Å². The first-order valence-corrected chi connectivity index (χ1v) is 7.05. The summed E-state index contributed by atoms with van der Waals surface area (Å²) >= 11 is 0. The number of hydrogen-bond acceptors (Lipinski definition) is 3. The highest BCUT2D eigenvalue weighted by Gasteiger charge is 2.32. The van der Waals surface area contributed by atoms with Crippen LogP contribution in [-0.4, -0.2) is 12.1 Å². The highest BCUT2D eigenvalue weighted by atomic mass is 19.4. The molecule has 0 bridgehead atoms. The van der Waals surface area contributed by atoms with E-state index in [-0.39, 0.29) is 10.9 Å². The van der Waals surface area contributed by atoms with Crippen LogP contribution in [0.3, 0.4) is 0 Å². The number of alkyl halides is 3. The van der Waals surface area contributed by atoms with Gasteiger partial charge < -0.3 is 4.74 Å². The first kappa shape index (κ1) is 16.0. The maximum atomic E-state index is 13.3. The highest BCUT2D eigenvalue weighted by Crippen LogP contribution is 2.35. The van der Waals surface area contributed by atoms with E-state index in [2.05, 4.69) is 4.98 Å². The largest absolute Gasteiger partial charge is 0.497 e. The van der Waals surface area contributed by atoms with Gasteiger partial charge >= 0.3 is 6.18 Å². The third-order valence-electron chi connectivity index (χ3n) is 3.62. The van der Waals surface area contributed by atoms with Crippen molar-refractivity contribution in [3.8, 4) is 16.9 Å². The Bertz CT molecular complexity index is 951. The molecule has 1 heterocycles. The third-order valence-corrected chi connectivity index (χ3v) is 3.62. The van der Waals surface area contributed by atoms with E-state index in [0.29, 0.717) is 16.9 Å². The van der Waals surface area contributed by atoms with Crippen molar-refractivity contribution < 1.29 is 17.9 Å². The molecule has 0 atom stereocenters. The summed E-state index contributed by atoms with van der Waals surface area (Å²) in [6, 6.07) is 12.9. The molecule has 0 amide bonds. The molecule has 122 valence electrons. The lowest BCUT2D eigenvalue weighted by Gasteiger charge is -2.08. The maximum absolute atomic E-state index is 13.3. The fraction of sp³-hybridized carbons (Fsp3) is 0.111. The molecule has 0 aliphatic heterocycles. The molecule has 0 spiro atoms. The number of nitrogens with zero attached hydrogens (tertiary/aromatic N) is 1. The minimum absolute atomic E-state index is 0.00888. The van der Waals surface area contributed by atoms with Gasteiger partial charge in [-0.05, 0) is 41.5 Å². The van der Waals surface area contributed by atoms with Gasteiger partial charge in [-0.1, -0.05) is 18.2 Å². The fourth-order valence-electron chi connectivity index (χ4n) is 2.48. The number of halogens is 3. The molecule has 3 aromatic rings. The zero-order valence-electron chi connectivity index (χ0n) is 12.6. The van der Waals surface area contributed by atoms with Crippen LogP contribution in [0.5, 0.6) is 5.75 Å². The number of methoxy groups -OCH3 is 1. The molecular formula is C18H12F3NO2. The molecule has 0 fully saturated rings. The summed E-state index contributed by atoms with van der Waals surface area (Å²) in [5, 5.41) is -0.113. The van der Waals surface area contributed by atoms with E-state index >= 15 is 0 Å². The Hall–Kier alpha value is -2.89. The summed E-state index contributed by atoms with van der Waals surface area (Å²) < 4.78 is 44.8. The highest BCUT2D eigenvalue weighted by molar-refractivity contribution is 5.86. The van der Waals surface area contributed by atoms with Crippen LogP contribution in [0.25, 0.3) is 22.0 Å². The first-order chi connectivity index (χ1) is 11.4. The van der Waals surface area contributed by atoms with Gasteiger partial charge in [0.05, 0.1) is 18.2 Å². The van der Waals surface area contributed by atoms with Gasteiger partial charge in [0, 0.05) is 11.5 Å². The molecule has 6 heteroatoms. The van der Waals surface area contributed by atoms with Gasteiger partial charge in [0.25, 0.3) is 5.56 Å². The number of rotatable bonds is 2. The lowest BCUT2D eigenvalue weighted by atomic mass is 10.0. The summed E-state index contributed by atoms with van der Waals surface area (Å²) in [4.78, 5) is 15.7. The molecule has 0 unspecified atom stereocenters. The van der Waals surface area contributed by atoms with E-state index < -0.39 is 17.3 Å². The Kier molecular flexibility index (Phi) is 3.97. The van der Waals surface area contributed by atoms with Crippen LogP contribution in [0.4, 0.5) is 13.2 Å². The number of ether oxygens (including phenoxy) is 1. The smallest absolute Gasteiger partial charge is 0.417 e. The normalized spacial score (nSPS) is 11.5. The Morgan fingerprint density at radius 3 is 2.29 bits per heavy atom. The number of benzene rings is 2. The van der Waals surface area contributed by atoms with Gasteiger partial charge in [0.1, 0.15) is 5.75 Å². The van der Waals surface area contributed by atoms with Crippen LogP contribution >= 0.6 is 0 Å².